The van der Waals surface area contributed by atoms with Crippen molar-refractivity contribution in [2.75, 3.05) is 10.5 Å². The maximum Gasteiger partial charge on any atom is 0.267 e. The lowest BCUT2D eigenvalue weighted by molar-refractivity contribution is 0.601. The molecule has 1 aromatic heterocycles. The smallest absolute Gasteiger partial charge is 0.267 e. The van der Waals surface area contributed by atoms with Gasteiger partial charge in [-0.1, -0.05) is 28.1 Å². The van der Waals surface area contributed by atoms with E-state index in [2.05, 4.69) is 30.8 Å². The number of aromatic nitrogens is 2. The molecule has 3 aromatic rings. The Labute approximate surface area is 129 Å². The molecule has 2 aromatic carbocycles. The number of nitrogens with two attached hydrogens (primary N) is 1. The molecule has 108 valence electrons. The molecule has 0 saturated carbocycles. The molecule has 0 bridgehead atoms. The number of nitrogens with zero attached hydrogens (tertiary/aromatic N) is 1. The number of rotatable bonds is 3. The van der Waals surface area contributed by atoms with E-state index in [1.165, 1.54) is 6.20 Å². The van der Waals surface area contributed by atoms with Crippen LogP contribution in [0.5, 0.6) is 0 Å². The maximum atomic E-state index is 12.2. The summed E-state index contributed by atoms with van der Waals surface area (Å²) in [6.45, 7) is 0. The second kappa shape index (κ2) is 5.05. The molecule has 0 aliphatic carbocycles. The lowest BCUT2D eigenvalue weighted by Crippen LogP contribution is -2.13. The summed E-state index contributed by atoms with van der Waals surface area (Å²) in [7, 11) is -3.76. The number of H-pyrrole nitrogens is 1. The van der Waals surface area contributed by atoms with Gasteiger partial charge in [-0.15, -0.1) is 0 Å². The van der Waals surface area contributed by atoms with E-state index in [4.69, 9.17) is 5.73 Å². The molecule has 0 atom stereocenters. The van der Waals surface area contributed by atoms with Crippen molar-refractivity contribution in [3.05, 3.63) is 47.1 Å². The number of halogens is 1. The van der Waals surface area contributed by atoms with Crippen molar-refractivity contribution >= 4 is 48.2 Å². The van der Waals surface area contributed by atoms with Gasteiger partial charge >= 0.3 is 0 Å². The molecule has 0 amide bonds. The van der Waals surface area contributed by atoms with E-state index in [9.17, 15) is 8.42 Å². The molecule has 21 heavy (non-hydrogen) atoms. The Hall–Kier alpha value is -2.06. The number of anilines is 2. The molecule has 0 aliphatic rings. The first-order chi connectivity index (χ1) is 9.95. The zero-order valence-electron chi connectivity index (χ0n) is 10.7. The van der Waals surface area contributed by atoms with E-state index < -0.39 is 10.0 Å². The van der Waals surface area contributed by atoms with Crippen LogP contribution in [0.1, 0.15) is 0 Å². The highest BCUT2D eigenvalue weighted by molar-refractivity contribution is 9.10. The van der Waals surface area contributed by atoms with Gasteiger partial charge in [0.1, 0.15) is 10.7 Å². The summed E-state index contributed by atoms with van der Waals surface area (Å²) in [5, 5.41) is 7.95. The van der Waals surface area contributed by atoms with Crippen LogP contribution in [0.3, 0.4) is 0 Å². The number of hydrogen-bond acceptors (Lipinski definition) is 4. The minimum absolute atomic E-state index is 0.00668. The minimum Gasteiger partial charge on any atom is -0.383 e. The van der Waals surface area contributed by atoms with Crippen molar-refractivity contribution < 1.29 is 8.42 Å². The van der Waals surface area contributed by atoms with E-state index >= 15 is 0 Å². The summed E-state index contributed by atoms with van der Waals surface area (Å²) in [6, 6.07) is 11.1. The molecule has 1 heterocycles. The van der Waals surface area contributed by atoms with Crippen molar-refractivity contribution in [3.8, 4) is 0 Å². The molecule has 0 fully saturated rings. The first-order valence-electron chi connectivity index (χ1n) is 5.97. The summed E-state index contributed by atoms with van der Waals surface area (Å²) in [4.78, 5) is -0.0709. The second-order valence-electron chi connectivity index (χ2n) is 4.46. The first kappa shape index (κ1) is 13.9. The predicted octanol–water partition coefficient (Wildman–Crippen LogP) is 2.71. The second-order valence-corrected chi connectivity index (χ2v) is 7.03. The molecule has 8 heteroatoms. The van der Waals surface area contributed by atoms with Crippen LogP contribution in [0, 0.1) is 0 Å². The maximum absolute atomic E-state index is 12.2. The molecular weight excluding hydrogens is 356 g/mol. The number of hydrogen-bond donors (Lipinski definition) is 3. The van der Waals surface area contributed by atoms with Gasteiger partial charge in [0.25, 0.3) is 10.0 Å². The SMILES string of the molecule is Nc1[nH]ncc1S(=O)(=O)Nc1ccc2cc(Br)ccc2c1. The molecule has 0 saturated heterocycles. The minimum atomic E-state index is -3.76. The fraction of sp³-hybridized carbons (Fsp3) is 0. The average Bonchev–Trinajstić information content (AvgIpc) is 2.86. The van der Waals surface area contributed by atoms with Crippen molar-refractivity contribution in [3.63, 3.8) is 0 Å². The predicted molar refractivity (Wildman–Crippen MR) is 85.5 cm³/mol. The first-order valence-corrected chi connectivity index (χ1v) is 8.24. The van der Waals surface area contributed by atoms with Crippen molar-refractivity contribution in [2.45, 2.75) is 4.90 Å². The van der Waals surface area contributed by atoms with Crippen LogP contribution in [-0.2, 0) is 10.0 Å². The number of aromatic amines is 1. The summed E-state index contributed by atoms with van der Waals surface area (Å²) in [5.74, 6) is 0.00668. The van der Waals surface area contributed by atoms with Gasteiger partial charge in [-0.05, 0) is 35.0 Å². The summed E-state index contributed by atoms with van der Waals surface area (Å²) in [5.41, 5.74) is 6.01. The number of benzene rings is 2. The molecule has 6 nitrogen and oxygen atoms in total. The topological polar surface area (TPSA) is 101 Å². The van der Waals surface area contributed by atoms with Gasteiger partial charge in [-0.2, -0.15) is 5.10 Å². The summed E-state index contributed by atoms with van der Waals surface area (Å²) < 4.78 is 27.9. The number of fused-ring (bicyclic) bond motifs is 1. The van der Waals surface area contributed by atoms with E-state index in [1.807, 2.05) is 24.3 Å². The standard InChI is InChI=1S/C13H11BrN4O2S/c14-10-3-1-9-6-11(4-2-8(9)5-10)18-21(19,20)12-7-16-17-13(12)15/h1-7,18H,(H3,15,16,17). The Bertz CT molecular complexity index is 921. The molecule has 4 N–H and O–H groups in total. The Kier molecular flexibility index (Phi) is 3.34. The average molecular weight is 367 g/mol. The fourth-order valence-electron chi connectivity index (χ4n) is 1.99. The summed E-state index contributed by atoms with van der Waals surface area (Å²) >= 11 is 3.40. The van der Waals surface area contributed by atoms with Gasteiger partial charge in [-0.3, -0.25) is 9.82 Å². The summed E-state index contributed by atoms with van der Waals surface area (Å²) in [6.07, 6.45) is 1.18. The van der Waals surface area contributed by atoms with Crippen LogP contribution in [0.25, 0.3) is 10.8 Å². The van der Waals surface area contributed by atoms with E-state index in [0.29, 0.717) is 5.69 Å². The monoisotopic (exact) mass is 366 g/mol. The lowest BCUT2D eigenvalue weighted by atomic mass is 10.1. The Balaban J connectivity index is 1.98. The van der Waals surface area contributed by atoms with Crippen molar-refractivity contribution in [2.24, 2.45) is 0 Å². The van der Waals surface area contributed by atoms with E-state index in [-0.39, 0.29) is 10.7 Å². The molecule has 0 spiro atoms. The van der Waals surface area contributed by atoms with Crippen LogP contribution in [0.2, 0.25) is 0 Å². The normalized spacial score (nSPS) is 11.7. The van der Waals surface area contributed by atoms with Crippen LogP contribution < -0.4 is 10.5 Å². The molecular formula is C13H11BrN4O2S. The van der Waals surface area contributed by atoms with Crippen molar-refractivity contribution in [1.29, 1.82) is 0 Å². The van der Waals surface area contributed by atoms with Crippen LogP contribution in [0.15, 0.2) is 52.0 Å². The van der Waals surface area contributed by atoms with Gasteiger partial charge < -0.3 is 5.73 Å². The van der Waals surface area contributed by atoms with Crippen LogP contribution in [0.4, 0.5) is 11.5 Å². The Morgan fingerprint density at radius 1 is 1.14 bits per heavy atom. The molecule has 0 unspecified atom stereocenters. The van der Waals surface area contributed by atoms with Gasteiger partial charge in [0.15, 0.2) is 0 Å². The Morgan fingerprint density at radius 3 is 2.57 bits per heavy atom. The molecule has 3 rings (SSSR count). The van der Waals surface area contributed by atoms with Gasteiger partial charge in [0.2, 0.25) is 0 Å². The largest absolute Gasteiger partial charge is 0.383 e. The zero-order valence-corrected chi connectivity index (χ0v) is 13.1. The molecule has 0 radical (unpaired) electrons. The van der Waals surface area contributed by atoms with Crippen LogP contribution in [-0.4, -0.2) is 18.6 Å². The van der Waals surface area contributed by atoms with Crippen molar-refractivity contribution in [1.82, 2.24) is 10.2 Å². The van der Waals surface area contributed by atoms with E-state index in [0.717, 1.165) is 15.2 Å². The number of nitrogens with one attached hydrogen (secondary N) is 2. The number of nitrogen functional groups attached to an aromatic ring is 1. The van der Waals surface area contributed by atoms with Gasteiger partial charge in [0.05, 0.1) is 6.20 Å². The van der Waals surface area contributed by atoms with Gasteiger partial charge in [-0.25, -0.2) is 8.42 Å². The third-order valence-corrected chi connectivity index (χ3v) is 4.88. The third-order valence-electron chi connectivity index (χ3n) is 2.98. The highest BCUT2D eigenvalue weighted by Gasteiger charge is 2.19. The fourth-order valence-corrected chi connectivity index (χ4v) is 3.44. The molecule has 0 aliphatic heterocycles. The highest BCUT2D eigenvalue weighted by Crippen LogP contribution is 2.25. The van der Waals surface area contributed by atoms with Crippen LogP contribution >= 0.6 is 15.9 Å². The lowest BCUT2D eigenvalue weighted by Gasteiger charge is -2.08. The van der Waals surface area contributed by atoms with Gasteiger partial charge in [0, 0.05) is 10.2 Å². The zero-order chi connectivity index (χ0) is 15.0. The Morgan fingerprint density at radius 2 is 1.86 bits per heavy atom. The van der Waals surface area contributed by atoms with E-state index in [1.54, 1.807) is 12.1 Å². The third kappa shape index (κ3) is 2.72. The quantitative estimate of drug-likeness (QED) is 0.663. The number of sulfonamides is 1. The highest BCUT2D eigenvalue weighted by atomic mass is 79.9.